The number of aryl methyl sites for hydroxylation is 1. The van der Waals surface area contributed by atoms with E-state index in [1.54, 1.807) is 0 Å². The van der Waals surface area contributed by atoms with Crippen molar-refractivity contribution in [1.82, 2.24) is 14.9 Å². The molecule has 0 unspecified atom stereocenters. The highest BCUT2D eigenvalue weighted by molar-refractivity contribution is 5.76. The minimum atomic E-state index is -0.171. The average Bonchev–Trinajstić information content (AvgIpc) is 2.59. The van der Waals surface area contributed by atoms with E-state index in [4.69, 9.17) is 5.73 Å². The summed E-state index contributed by atoms with van der Waals surface area (Å²) >= 11 is 0. The first kappa shape index (κ1) is 14.7. The molecule has 1 rings (SSSR count). The third-order valence-electron chi connectivity index (χ3n) is 3.14. The van der Waals surface area contributed by atoms with Crippen molar-refractivity contribution in [2.75, 3.05) is 0 Å². The Labute approximate surface area is 109 Å². The lowest BCUT2D eigenvalue weighted by Crippen LogP contribution is -2.44. The number of carbonyl (C=O) groups excluding carboxylic acids is 1. The van der Waals surface area contributed by atoms with E-state index in [-0.39, 0.29) is 24.0 Å². The Morgan fingerprint density at radius 2 is 2.22 bits per heavy atom. The molecule has 0 saturated carbocycles. The van der Waals surface area contributed by atoms with Crippen LogP contribution in [0.1, 0.15) is 51.7 Å². The Kier molecular flexibility index (Phi) is 4.51. The van der Waals surface area contributed by atoms with Crippen LogP contribution < -0.4 is 11.1 Å². The van der Waals surface area contributed by atoms with Crippen molar-refractivity contribution in [2.45, 2.75) is 59.2 Å². The summed E-state index contributed by atoms with van der Waals surface area (Å²) in [6.45, 7) is 10.1. The molecule has 1 aromatic rings. The Hall–Kier alpha value is -1.36. The van der Waals surface area contributed by atoms with Crippen LogP contribution in [0.2, 0.25) is 0 Å². The minimum absolute atomic E-state index is 0.00132. The van der Waals surface area contributed by atoms with Gasteiger partial charge in [-0.05, 0) is 34.1 Å². The first-order chi connectivity index (χ1) is 8.25. The quantitative estimate of drug-likeness (QED) is 0.834. The molecule has 1 atom stereocenters. The van der Waals surface area contributed by atoms with Crippen LogP contribution in [-0.2, 0) is 11.3 Å². The minimum Gasteiger partial charge on any atom is -0.350 e. The number of nitrogens with two attached hydrogens (primary N) is 1. The van der Waals surface area contributed by atoms with Crippen molar-refractivity contribution < 1.29 is 4.79 Å². The second-order valence-electron chi connectivity index (χ2n) is 5.42. The van der Waals surface area contributed by atoms with Crippen molar-refractivity contribution in [2.24, 2.45) is 5.73 Å². The largest absolute Gasteiger partial charge is 0.350 e. The number of rotatable bonds is 5. The fourth-order valence-corrected chi connectivity index (χ4v) is 1.57. The van der Waals surface area contributed by atoms with Crippen LogP contribution in [0, 0.1) is 6.92 Å². The predicted octanol–water partition coefficient (Wildman–Crippen LogP) is 1.52. The third-order valence-corrected chi connectivity index (χ3v) is 3.14. The maximum atomic E-state index is 11.9. The summed E-state index contributed by atoms with van der Waals surface area (Å²) in [6, 6.07) is -0.111. The lowest BCUT2D eigenvalue weighted by atomic mass is 10.0. The van der Waals surface area contributed by atoms with Crippen LogP contribution in [0.4, 0.5) is 0 Å². The van der Waals surface area contributed by atoms with E-state index in [0.29, 0.717) is 0 Å². The van der Waals surface area contributed by atoms with Crippen molar-refractivity contribution >= 4 is 5.91 Å². The fraction of sp³-hybridized carbons (Fsp3) is 0.692. The number of amides is 1. The molecule has 0 aliphatic rings. The molecule has 0 bridgehead atoms. The number of imidazole rings is 1. The monoisotopic (exact) mass is 252 g/mol. The summed E-state index contributed by atoms with van der Waals surface area (Å²) in [7, 11) is 0. The van der Waals surface area contributed by atoms with Crippen LogP contribution in [0.15, 0.2) is 6.20 Å². The van der Waals surface area contributed by atoms with Crippen molar-refractivity contribution in [3.8, 4) is 0 Å². The Morgan fingerprint density at radius 3 is 2.67 bits per heavy atom. The molecule has 5 nitrogen and oxygen atoms in total. The number of hydrogen-bond donors (Lipinski definition) is 2. The zero-order valence-corrected chi connectivity index (χ0v) is 11.9. The van der Waals surface area contributed by atoms with Gasteiger partial charge < -0.3 is 15.6 Å². The standard InChI is InChI=1S/C13H24N4O/c1-6-13(4,5)16-12(18)8-17-7-11(9(2)14)15-10(17)3/h7,9H,6,8,14H2,1-5H3,(H,16,18)/t9-/m1/s1. The Morgan fingerprint density at radius 1 is 1.61 bits per heavy atom. The highest BCUT2D eigenvalue weighted by Gasteiger charge is 2.18. The summed E-state index contributed by atoms with van der Waals surface area (Å²) in [6.07, 6.45) is 2.74. The van der Waals surface area contributed by atoms with E-state index in [9.17, 15) is 4.79 Å². The molecule has 0 fully saturated rings. The van der Waals surface area contributed by atoms with Gasteiger partial charge in [-0.1, -0.05) is 6.92 Å². The third kappa shape index (κ3) is 3.84. The predicted molar refractivity (Wildman–Crippen MR) is 72.1 cm³/mol. The van der Waals surface area contributed by atoms with Gasteiger partial charge >= 0.3 is 0 Å². The lowest BCUT2D eigenvalue weighted by molar-refractivity contribution is -0.123. The van der Waals surface area contributed by atoms with E-state index >= 15 is 0 Å². The molecule has 0 radical (unpaired) electrons. The van der Waals surface area contributed by atoms with Gasteiger partial charge in [-0.2, -0.15) is 0 Å². The number of nitrogens with zero attached hydrogens (tertiary/aromatic N) is 2. The molecule has 0 aliphatic heterocycles. The number of hydrogen-bond acceptors (Lipinski definition) is 3. The van der Waals surface area contributed by atoms with Gasteiger partial charge in [-0.25, -0.2) is 4.98 Å². The maximum Gasteiger partial charge on any atom is 0.240 e. The molecule has 3 N–H and O–H groups in total. The molecule has 102 valence electrons. The Bertz CT molecular complexity index is 421. The summed E-state index contributed by atoms with van der Waals surface area (Å²) in [5.41, 5.74) is 6.42. The van der Waals surface area contributed by atoms with E-state index in [0.717, 1.165) is 17.9 Å². The van der Waals surface area contributed by atoms with Gasteiger partial charge in [0.25, 0.3) is 0 Å². The van der Waals surface area contributed by atoms with Gasteiger partial charge in [0.2, 0.25) is 5.91 Å². The van der Waals surface area contributed by atoms with Crippen LogP contribution in [-0.4, -0.2) is 21.0 Å². The SMILES string of the molecule is CCC(C)(C)NC(=O)Cn1cc([C@@H](C)N)nc1C. The average molecular weight is 252 g/mol. The molecule has 18 heavy (non-hydrogen) atoms. The van der Waals surface area contributed by atoms with E-state index < -0.39 is 0 Å². The van der Waals surface area contributed by atoms with Crippen LogP contribution in [0.5, 0.6) is 0 Å². The Balaban J connectivity index is 2.70. The van der Waals surface area contributed by atoms with E-state index in [1.165, 1.54) is 0 Å². The number of aromatic nitrogens is 2. The molecule has 5 heteroatoms. The van der Waals surface area contributed by atoms with Gasteiger partial charge in [-0.15, -0.1) is 0 Å². The first-order valence-corrected chi connectivity index (χ1v) is 6.35. The molecule has 1 aromatic heterocycles. The van der Waals surface area contributed by atoms with Crippen LogP contribution in [0.25, 0.3) is 0 Å². The van der Waals surface area contributed by atoms with Gasteiger partial charge in [0.1, 0.15) is 12.4 Å². The van der Waals surface area contributed by atoms with Gasteiger partial charge in [0.05, 0.1) is 5.69 Å². The molecule has 1 amide bonds. The summed E-state index contributed by atoms with van der Waals surface area (Å²) in [5, 5.41) is 3.00. The fourth-order valence-electron chi connectivity index (χ4n) is 1.57. The van der Waals surface area contributed by atoms with Crippen LogP contribution in [0.3, 0.4) is 0 Å². The van der Waals surface area contributed by atoms with Gasteiger partial charge in [0.15, 0.2) is 0 Å². The number of nitrogens with one attached hydrogen (secondary N) is 1. The molecular formula is C13H24N4O. The second-order valence-corrected chi connectivity index (χ2v) is 5.42. The van der Waals surface area contributed by atoms with Crippen molar-refractivity contribution in [3.05, 3.63) is 17.7 Å². The van der Waals surface area contributed by atoms with Crippen molar-refractivity contribution in [1.29, 1.82) is 0 Å². The number of carbonyl (C=O) groups is 1. The van der Waals surface area contributed by atoms with Crippen molar-refractivity contribution in [3.63, 3.8) is 0 Å². The normalized spacial score (nSPS) is 13.4. The van der Waals surface area contributed by atoms with Crippen LogP contribution >= 0.6 is 0 Å². The van der Waals surface area contributed by atoms with E-state index in [1.807, 2.05) is 38.5 Å². The zero-order valence-electron chi connectivity index (χ0n) is 11.9. The highest BCUT2D eigenvalue weighted by atomic mass is 16.2. The topological polar surface area (TPSA) is 72.9 Å². The van der Waals surface area contributed by atoms with Gasteiger partial charge in [0, 0.05) is 17.8 Å². The first-order valence-electron chi connectivity index (χ1n) is 6.35. The molecule has 1 heterocycles. The summed E-state index contributed by atoms with van der Waals surface area (Å²) in [5.74, 6) is 0.810. The summed E-state index contributed by atoms with van der Waals surface area (Å²) < 4.78 is 1.83. The molecular weight excluding hydrogens is 228 g/mol. The highest BCUT2D eigenvalue weighted by Crippen LogP contribution is 2.10. The maximum absolute atomic E-state index is 11.9. The lowest BCUT2D eigenvalue weighted by Gasteiger charge is -2.24. The molecule has 0 aliphatic carbocycles. The van der Waals surface area contributed by atoms with E-state index in [2.05, 4.69) is 17.2 Å². The summed E-state index contributed by atoms with van der Waals surface area (Å²) in [4.78, 5) is 16.3. The smallest absolute Gasteiger partial charge is 0.240 e. The molecule has 0 spiro atoms. The molecule has 0 saturated heterocycles. The molecule has 0 aromatic carbocycles. The van der Waals surface area contributed by atoms with Gasteiger partial charge in [-0.3, -0.25) is 4.79 Å². The zero-order chi connectivity index (χ0) is 13.9. The second kappa shape index (κ2) is 5.52.